The predicted octanol–water partition coefficient (Wildman–Crippen LogP) is -0.161. The number of benzene rings is 1. The van der Waals surface area contributed by atoms with Crippen LogP contribution in [0.5, 0.6) is 0 Å². The molecule has 4 amide bonds. The smallest absolute Gasteiger partial charge is 0.345 e. The highest BCUT2D eigenvalue weighted by Gasteiger charge is 2.43. The number of hydrogen-bond donors (Lipinski definition) is 2. The second kappa shape index (κ2) is 8.39. The van der Waals surface area contributed by atoms with E-state index in [1.807, 2.05) is 30.3 Å². The molecule has 8 heteroatoms. The minimum Gasteiger partial charge on any atom is -0.395 e. The number of nitrogens with one attached hydrogen (secondary N) is 1. The van der Waals surface area contributed by atoms with Crippen LogP contribution < -0.4 is 5.32 Å². The Morgan fingerprint density at radius 3 is 2.38 bits per heavy atom. The SMILES string of the molecule is O=C1NC(=O)N(N2CCN(CCO)CC2)C(=O)C1CCc1ccccc1. The first-order valence-corrected chi connectivity index (χ1v) is 8.91. The van der Waals surface area contributed by atoms with Crippen LogP contribution in [-0.4, -0.2) is 77.2 Å². The van der Waals surface area contributed by atoms with E-state index in [0.29, 0.717) is 45.6 Å². The number of piperazine rings is 1. The topological polar surface area (TPSA) is 93.2 Å². The van der Waals surface area contributed by atoms with E-state index in [1.54, 1.807) is 5.01 Å². The number of aliphatic hydroxyl groups excluding tert-OH is 1. The first kappa shape index (κ1) is 18.5. The number of urea groups is 1. The quantitative estimate of drug-likeness (QED) is 0.685. The van der Waals surface area contributed by atoms with Gasteiger partial charge < -0.3 is 5.11 Å². The Morgan fingerprint density at radius 2 is 1.73 bits per heavy atom. The number of rotatable bonds is 6. The number of barbiturate groups is 1. The number of hydrogen-bond acceptors (Lipinski definition) is 6. The number of carbonyl (C=O) groups excluding carboxylic acids is 3. The average Bonchev–Trinajstić information content (AvgIpc) is 2.64. The van der Waals surface area contributed by atoms with Gasteiger partial charge in [-0.05, 0) is 18.4 Å². The maximum atomic E-state index is 12.8. The summed E-state index contributed by atoms with van der Waals surface area (Å²) in [4.78, 5) is 39.3. The van der Waals surface area contributed by atoms with Gasteiger partial charge in [-0.2, -0.15) is 5.01 Å². The third kappa shape index (κ3) is 4.09. The number of carbonyl (C=O) groups is 3. The van der Waals surface area contributed by atoms with Gasteiger partial charge in [0.25, 0.3) is 5.91 Å². The zero-order chi connectivity index (χ0) is 18.5. The maximum absolute atomic E-state index is 12.8. The van der Waals surface area contributed by atoms with Crippen molar-refractivity contribution in [2.75, 3.05) is 39.3 Å². The van der Waals surface area contributed by atoms with Crippen LogP contribution in [0, 0.1) is 5.92 Å². The summed E-state index contributed by atoms with van der Waals surface area (Å²) in [5, 5.41) is 14.1. The second-order valence-corrected chi connectivity index (χ2v) is 6.54. The second-order valence-electron chi connectivity index (χ2n) is 6.54. The fourth-order valence-corrected chi connectivity index (χ4v) is 3.39. The fourth-order valence-electron chi connectivity index (χ4n) is 3.39. The molecule has 0 bridgehead atoms. The molecule has 140 valence electrons. The molecule has 0 radical (unpaired) electrons. The zero-order valence-corrected chi connectivity index (χ0v) is 14.6. The largest absolute Gasteiger partial charge is 0.395 e. The third-order valence-electron chi connectivity index (χ3n) is 4.86. The van der Waals surface area contributed by atoms with Crippen molar-refractivity contribution in [2.24, 2.45) is 5.92 Å². The summed E-state index contributed by atoms with van der Waals surface area (Å²) in [6.07, 6.45) is 0.958. The van der Waals surface area contributed by atoms with Gasteiger partial charge in [-0.25, -0.2) is 9.80 Å². The van der Waals surface area contributed by atoms with Crippen molar-refractivity contribution >= 4 is 17.8 Å². The van der Waals surface area contributed by atoms with Crippen LogP contribution in [0.4, 0.5) is 4.79 Å². The lowest BCUT2D eigenvalue weighted by Gasteiger charge is -2.42. The number of hydrazine groups is 1. The monoisotopic (exact) mass is 360 g/mol. The minimum atomic E-state index is -0.858. The van der Waals surface area contributed by atoms with E-state index in [2.05, 4.69) is 10.2 Å². The summed E-state index contributed by atoms with van der Waals surface area (Å²) in [6.45, 7) is 2.96. The number of aryl methyl sites for hydroxylation is 1. The molecule has 8 nitrogen and oxygen atoms in total. The molecule has 1 aromatic rings. The van der Waals surface area contributed by atoms with Crippen molar-refractivity contribution in [3.05, 3.63) is 35.9 Å². The van der Waals surface area contributed by atoms with E-state index in [4.69, 9.17) is 5.11 Å². The third-order valence-corrected chi connectivity index (χ3v) is 4.86. The molecule has 1 atom stereocenters. The van der Waals surface area contributed by atoms with Crippen LogP contribution in [0.2, 0.25) is 0 Å². The number of imide groups is 2. The van der Waals surface area contributed by atoms with Crippen LogP contribution in [0.1, 0.15) is 12.0 Å². The van der Waals surface area contributed by atoms with E-state index >= 15 is 0 Å². The van der Waals surface area contributed by atoms with Crippen LogP contribution in [0.3, 0.4) is 0 Å². The van der Waals surface area contributed by atoms with E-state index < -0.39 is 23.8 Å². The minimum absolute atomic E-state index is 0.0825. The molecule has 1 unspecified atom stereocenters. The van der Waals surface area contributed by atoms with Gasteiger partial charge >= 0.3 is 6.03 Å². The maximum Gasteiger partial charge on any atom is 0.345 e. The molecule has 0 spiro atoms. The Labute approximate surface area is 152 Å². The zero-order valence-electron chi connectivity index (χ0n) is 14.6. The van der Waals surface area contributed by atoms with E-state index in [1.165, 1.54) is 0 Å². The number of amides is 4. The molecular weight excluding hydrogens is 336 g/mol. The lowest BCUT2D eigenvalue weighted by atomic mass is 9.96. The summed E-state index contributed by atoms with van der Waals surface area (Å²) < 4.78 is 0. The van der Waals surface area contributed by atoms with Gasteiger partial charge in [-0.3, -0.25) is 19.8 Å². The lowest BCUT2D eigenvalue weighted by molar-refractivity contribution is -0.156. The highest BCUT2D eigenvalue weighted by Crippen LogP contribution is 2.20. The molecule has 0 aliphatic carbocycles. The highest BCUT2D eigenvalue weighted by atomic mass is 16.3. The predicted molar refractivity (Wildman–Crippen MR) is 93.7 cm³/mol. The molecule has 1 aromatic carbocycles. The molecule has 2 aliphatic rings. The average molecular weight is 360 g/mol. The Morgan fingerprint density at radius 1 is 1.04 bits per heavy atom. The van der Waals surface area contributed by atoms with Crippen LogP contribution in [0.25, 0.3) is 0 Å². The standard InChI is InChI=1S/C18H24N4O4/c23-13-12-20-8-10-21(11-9-20)22-17(25)15(16(24)19-18(22)26)7-6-14-4-2-1-3-5-14/h1-5,15,23H,6-13H2,(H,19,24,26). The summed E-state index contributed by atoms with van der Waals surface area (Å²) in [6, 6.07) is 8.98. The van der Waals surface area contributed by atoms with E-state index in [0.717, 1.165) is 10.6 Å². The molecule has 2 N–H and O–H groups in total. The van der Waals surface area contributed by atoms with Gasteiger partial charge in [-0.15, -0.1) is 0 Å². The van der Waals surface area contributed by atoms with Crippen molar-refractivity contribution in [2.45, 2.75) is 12.8 Å². The summed E-state index contributed by atoms with van der Waals surface area (Å²) in [5.41, 5.74) is 1.05. The highest BCUT2D eigenvalue weighted by molar-refractivity contribution is 6.15. The Kier molecular flexibility index (Phi) is 5.97. The van der Waals surface area contributed by atoms with Crippen LogP contribution in [0.15, 0.2) is 30.3 Å². The fraction of sp³-hybridized carbons (Fsp3) is 0.500. The first-order chi connectivity index (χ1) is 12.6. The first-order valence-electron chi connectivity index (χ1n) is 8.91. The Bertz CT molecular complexity index is 658. The number of β-amino-alcohol motifs (C(OH)–C–C–N with tert-alkyl or cyclic N) is 1. The number of nitrogens with zero attached hydrogens (tertiary/aromatic N) is 3. The summed E-state index contributed by atoms with van der Waals surface area (Å²) >= 11 is 0. The molecule has 2 aliphatic heterocycles. The van der Waals surface area contributed by atoms with E-state index in [-0.39, 0.29) is 6.61 Å². The van der Waals surface area contributed by atoms with Gasteiger partial charge in [-0.1, -0.05) is 30.3 Å². The molecule has 3 rings (SSSR count). The Hall–Kier alpha value is -2.29. The normalized spacial score (nSPS) is 22.6. The van der Waals surface area contributed by atoms with Gasteiger partial charge in [0.1, 0.15) is 5.92 Å². The molecule has 2 fully saturated rings. The molecule has 2 saturated heterocycles. The molecular formula is C18H24N4O4. The summed E-state index contributed by atoms with van der Waals surface area (Å²) in [5.74, 6) is -1.83. The van der Waals surface area contributed by atoms with Gasteiger partial charge in [0.05, 0.1) is 6.61 Å². The van der Waals surface area contributed by atoms with Crippen molar-refractivity contribution in [3.63, 3.8) is 0 Å². The van der Waals surface area contributed by atoms with Gasteiger partial charge in [0, 0.05) is 32.7 Å². The van der Waals surface area contributed by atoms with Crippen molar-refractivity contribution in [1.82, 2.24) is 20.2 Å². The lowest BCUT2D eigenvalue weighted by Crippen LogP contribution is -2.66. The molecule has 2 heterocycles. The molecule has 26 heavy (non-hydrogen) atoms. The van der Waals surface area contributed by atoms with Gasteiger partial charge in [0.15, 0.2) is 0 Å². The van der Waals surface area contributed by atoms with Crippen molar-refractivity contribution in [3.8, 4) is 0 Å². The van der Waals surface area contributed by atoms with Gasteiger partial charge in [0.2, 0.25) is 5.91 Å². The molecule has 0 aromatic heterocycles. The van der Waals surface area contributed by atoms with Crippen LogP contribution >= 0.6 is 0 Å². The Balaban J connectivity index is 1.64. The van der Waals surface area contributed by atoms with Crippen LogP contribution in [-0.2, 0) is 16.0 Å². The molecule has 0 saturated carbocycles. The number of aliphatic hydroxyl groups is 1. The van der Waals surface area contributed by atoms with Crippen molar-refractivity contribution < 1.29 is 19.5 Å². The van der Waals surface area contributed by atoms with Crippen molar-refractivity contribution in [1.29, 1.82) is 0 Å². The summed E-state index contributed by atoms with van der Waals surface area (Å²) in [7, 11) is 0. The van der Waals surface area contributed by atoms with E-state index in [9.17, 15) is 14.4 Å².